The molecule has 3 rings (SSSR count). The third-order valence-corrected chi connectivity index (χ3v) is 5.17. The quantitative estimate of drug-likeness (QED) is 0.728. The van der Waals surface area contributed by atoms with E-state index in [2.05, 4.69) is 4.90 Å². The molecule has 3 heterocycles. The summed E-state index contributed by atoms with van der Waals surface area (Å²) in [6, 6.07) is 0.752. The average molecular weight is 281 g/mol. The summed E-state index contributed by atoms with van der Waals surface area (Å²) in [4.78, 5) is 18.2. The number of urea groups is 1. The normalized spacial score (nSPS) is 30.1. The topological polar surface area (TPSA) is 36.0 Å². The largest absolute Gasteiger partial charge is 0.373 e. The van der Waals surface area contributed by atoms with E-state index in [1.165, 1.54) is 25.9 Å². The SMILES string of the molecule is CN(C)C(=O)N1CCC2(CC1)C[C@H](N1CCCC1)CO2. The highest BCUT2D eigenvalue weighted by Crippen LogP contribution is 2.38. The lowest BCUT2D eigenvalue weighted by molar-refractivity contribution is -0.0381. The van der Waals surface area contributed by atoms with Gasteiger partial charge in [-0.15, -0.1) is 0 Å². The molecule has 0 radical (unpaired) electrons. The van der Waals surface area contributed by atoms with Crippen molar-refractivity contribution >= 4 is 6.03 Å². The first-order valence-electron chi connectivity index (χ1n) is 7.94. The van der Waals surface area contributed by atoms with E-state index in [1.54, 1.807) is 4.90 Å². The number of ether oxygens (including phenoxy) is 1. The molecule has 3 aliphatic heterocycles. The van der Waals surface area contributed by atoms with Gasteiger partial charge in [0.1, 0.15) is 0 Å². The second-order valence-electron chi connectivity index (χ2n) is 6.76. The van der Waals surface area contributed by atoms with Crippen LogP contribution in [-0.4, -0.2) is 79.3 Å². The van der Waals surface area contributed by atoms with Gasteiger partial charge in [-0.05, 0) is 45.2 Å². The summed E-state index contributed by atoms with van der Waals surface area (Å²) >= 11 is 0. The van der Waals surface area contributed by atoms with E-state index < -0.39 is 0 Å². The third-order valence-electron chi connectivity index (χ3n) is 5.17. The van der Waals surface area contributed by atoms with Gasteiger partial charge in [-0.1, -0.05) is 0 Å². The molecule has 114 valence electrons. The zero-order valence-electron chi connectivity index (χ0n) is 12.8. The van der Waals surface area contributed by atoms with Crippen molar-refractivity contribution in [3.63, 3.8) is 0 Å². The maximum absolute atomic E-state index is 12.0. The first-order chi connectivity index (χ1) is 9.60. The van der Waals surface area contributed by atoms with Gasteiger partial charge in [-0.3, -0.25) is 4.90 Å². The zero-order valence-corrected chi connectivity index (χ0v) is 12.8. The highest BCUT2D eigenvalue weighted by Gasteiger charge is 2.45. The number of carbonyl (C=O) groups excluding carboxylic acids is 1. The van der Waals surface area contributed by atoms with Crippen molar-refractivity contribution in [1.82, 2.24) is 14.7 Å². The van der Waals surface area contributed by atoms with Crippen LogP contribution in [0.4, 0.5) is 4.79 Å². The molecular weight excluding hydrogens is 254 g/mol. The fourth-order valence-corrected chi connectivity index (χ4v) is 3.90. The van der Waals surface area contributed by atoms with Crippen LogP contribution in [0.25, 0.3) is 0 Å². The highest BCUT2D eigenvalue weighted by atomic mass is 16.5. The summed E-state index contributed by atoms with van der Waals surface area (Å²) in [5, 5.41) is 0. The summed E-state index contributed by atoms with van der Waals surface area (Å²) in [6.45, 7) is 5.06. The summed E-state index contributed by atoms with van der Waals surface area (Å²) in [6.07, 6.45) is 5.84. The predicted octanol–water partition coefficient (Wildman–Crippen LogP) is 1.39. The molecule has 0 bridgehead atoms. The first-order valence-corrected chi connectivity index (χ1v) is 7.94. The molecular formula is C15H27N3O2. The molecule has 0 unspecified atom stereocenters. The number of hydrogen-bond acceptors (Lipinski definition) is 3. The monoisotopic (exact) mass is 281 g/mol. The molecule has 5 nitrogen and oxygen atoms in total. The Morgan fingerprint density at radius 1 is 1.15 bits per heavy atom. The Labute approximate surface area is 121 Å². The van der Waals surface area contributed by atoms with Crippen molar-refractivity contribution in [2.45, 2.75) is 43.7 Å². The Morgan fingerprint density at radius 2 is 1.80 bits per heavy atom. The van der Waals surface area contributed by atoms with Gasteiger partial charge < -0.3 is 14.5 Å². The molecule has 20 heavy (non-hydrogen) atoms. The smallest absolute Gasteiger partial charge is 0.319 e. The summed E-state index contributed by atoms with van der Waals surface area (Å²) in [7, 11) is 3.64. The molecule has 5 heteroatoms. The zero-order chi connectivity index (χ0) is 14.2. The Kier molecular flexibility index (Phi) is 3.91. The Morgan fingerprint density at radius 3 is 2.40 bits per heavy atom. The Balaban J connectivity index is 1.54. The molecule has 3 fully saturated rings. The van der Waals surface area contributed by atoms with E-state index in [1.807, 2.05) is 19.0 Å². The number of likely N-dealkylation sites (tertiary alicyclic amines) is 2. The highest BCUT2D eigenvalue weighted by molar-refractivity contribution is 5.73. The molecule has 0 N–H and O–H groups in total. The molecule has 3 aliphatic rings. The van der Waals surface area contributed by atoms with Crippen molar-refractivity contribution < 1.29 is 9.53 Å². The van der Waals surface area contributed by atoms with Crippen LogP contribution in [0, 0.1) is 0 Å². The number of rotatable bonds is 1. The lowest BCUT2D eigenvalue weighted by Crippen LogP contribution is -2.49. The van der Waals surface area contributed by atoms with Gasteiger partial charge >= 0.3 is 6.03 Å². The number of hydrogen-bond donors (Lipinski definition) is 0. The van der Waals surface area contributed by atoms with E-state index in [9.17, 15) is 4.79 Å². The number of amides is 2. The van der Waals surface area contributed by atoms with Gasteiger partial charge in [-0.2, -0.15) is 0 Å². The van der Waals surface area contributed by atoms with E-state index in [-0.39, 0.29) is 11.6 Å². The van der Waals surface area contributed by atoms with E-state index in [4.69, 9.17) is 4.74 Å². The van der Waals surface area contributed by atoms with Crippen LogP contribution in [0.1, 0.15) is 32.1 Å². The average Bonchev–Trinajstić information content (AvgIpc) is 3.08. The minimum atomic E-state index is 0.0519. The fourth-order valence-electron chi connectivity index (χ4n) is 3.90. The van der Waals surface area contributed by atoms with Gasteiger partial charge in [0.2, 0.25) is 0 Å². The van der Waals surface area contributed by atoms with Crippen LogP contribution in [0.2, 0.25) is 0 Å². The van der Waals surface area contributed by atoms with Crippen LogP contribution >= 0.6 is 0 Å². The maximum Gasteiger partial charge on any atom is 0.319 e. The van der Waals surface area contributed by atoms with Crippen LogP contribution in [0.15, 0.2) is 0 Å². The minimum absolute atomic E-state index is 0.0519. The van der Waals surface area contributed by atoms with E-state index in [0.29, 0.717) is 6.04 Å². The predicted molar refractivity (Wildman–Crippen MR) is 77.8 cm³/mol. The lowest BCUT2D eigenvalue weighted by atomic mass is 9.87. The van der Waals surface area contributed by atoms with E-state index in [0.717, 1.165) is 39.0 Å². The summed E-state index contributed by atoms with van der Waals surface area (Å²) < 4.78 is 6.20. The van der Waals surface area contributed by atoms with Gasteiger partial charge in [0.25, 0.3) is 0 Å². The molecule has 3 saturated heterocycles. The van der Waals surface area contributed by atoms with Crippen LogP contribution < -0.4 is 0 Å². The van der Waals surface area contributed by atoms with Gasteiger partial charge in [-0.25, -0.2) is 4.79 Å². The molecule has 2 amide bonds. The number of piperidine rings is 1. The number of nitrogens with zero attached hydrogens (tertiary/aromatic N) is 3. The molecule has 0 saturated carbocycles. The molecule has 1 atom stereocenters. The van der Waals surface area contributed by atoms with Crippen LogP contribution in [0.3, 0.4) is 0 Å². The van der Waals surface area contributed by atoms with Gasteiger partial charge in [0.15, 0.2) is 0 Å². The van der Waals surface area contributed by atoms with E-state index >= 15 is 0 Å². The fraction of sp³-hybridized carbons (Fsp3) is 0.933. The maximum atomic E-state index is 12.0. The number of carbonyl (C=O) groups is 1. The van der Waals surface area contributed by atoms with Crippen molar-refractivity contribution in [2.75, 3.05) is 46.9 Å². The van der Waals surface area contributed by atoms with Crippen molar-refractivity contribution in [2.24, 2.45) is 0 Å². The van der Waals surface area contributed by atoms with Crippen molar-refractivity contribution in [3.8, 4) is 0 Å². The first kappa shape index (κ1) is 14.1. The lowest BCUT2D eigenvalue weighted by Gasteiger charge is -2.39. The van der Waals surface area contributed by atoms with Crippen molar-refractivity contribution in [1.29, 1.82) is 0 Å². The summed E-state index contributed by atoms with van der Waals surface area (Å²) in [5.74, 6) is 0. The third kappa shape index (κ3) is 2.66. The Hall–Kier alpha value is -0.810. The molecule has 0 aromatic carbocycles. The van der Waals surface area contributed by atoms with Crippen molar-refractivity contribution in [3.05, 3.63) is 0 Å². The molecule has 0 aromatic rings. The van der Waals surface area contributed by atoms with Gasteiger partial charge in [0, 0.05) is 33.2 Å². The second kappa shape index (κ2) is 5.53. The standard InChI is InChI=1S/C15H27N3O2/c1-16(2)14(19)18-9-5-15(6-10-18)11-13(12-20-15)17-7-3-4-8-17/h13H,3-12H2,1-2H3/t13-/m0/s1. The Bertz CT molecular complexity index is 358. The van der Waals surface area contributed by atoms with Crippen LogP contribution in [0.5, 0.6) is 0 Å². The van der Waals surface area contributed by atoms with Gasteiger partial charge in [0.05, 0.1) is 12.2 Å². The molecule has 1 spiro atoms. The molecule has 0 aliphatic carbocycles. The second-order valence-corrected chi connectivity index (χ2v) is 6.76. The summed E-state index contributed by atoms with van der Waals surface area (Å²) in [5.41, 5.74) is 0.0519. The molecule has 0 aromatic heterocycles. The van der Waals surface area contributed by atoms with Crippen LogP contribution in [-0.2, 0) is 4.74 Å². The minimum Gasteiger partial charge on any atom is -0.373 e.